The van der Waals surface area contributed by atoms with E-state index in [1.54, 1.807) is 11.1 Å². The Hall–Kier alpha value is -2.67. The van der Waals surface area contributed by atoms with E-state index in [0.717, 1.165) is 36.3 Å². The van der Waals surface area contributed by atoms with Crippen molar-refractivity contribution in [2.24, 2.45) is 5.92 Å². The molecule has 1 aliphatic rings. The minimum Gasteiger partial charge on any atom is -0.324 e. The average Bonchev–Trinajstić information content (AvgIpc) is 3.08. The summed E-state index contributed by atoms with van der Waals surface area (Å²) in [7, 11) is 0. The van der Waals surface area contributed by atoms with Crippen molar-refractivity contribution in [3.05, 3.63) is 53.2 Å². The van der Waals surface area contributed by atoms with Gasteiger partial charge < -0.3 is 14.8 Å². The number of pyridine rings is 1. The number of imidazole rings is 1. The molecular formula is C22H25ClFN5O. The van der Waals surface area contributed by atoms with Gasteiger partial charge in [0.25, 0.3) is 0 Å². The zero-order valence-corrected chi connectivity index (χ0v) is 17.9. The number of nitrogens with zero attached hydrogens (tertiary/aromatic N) is 4. The molecule has 2 aromatic heterocycles. The number of benzene rings is 1. The minimum absolute atomic E-state index is 0.0105. The van der Waals surface area contributed by atoms with Crippen LogP contribution in [-0.2, 0) is 6.42 Å². The number of likely N-dealkylation sites (tertiary alicyclic amines) is 1. The van der Waals surface area contributed by atoms with E-state index < -0.39 is 5.82 Å². The van der Waals surface area contributed by atoms with Crippen molar-refractivity contribution in [3.8, 4) is 0 Å². The van der Waals surface area contributed by atoms with Gasteiger partial charge in [-0.1, -0.05) is 25.4 Å². The lowest BCUT2D eigenvalue weighted by Gasteiger charge is -2.33. The second-order valence-electron chi connectivity index (χ2n) is 8.12. The number of piperidine rings is 1. The van der Waals surface area contributed by atoms with Gasteiger partial charge in [-0.2, -0.15) is 0 Å². The maximum atomic E-state index is 13.3. The molecule has 0 bridgehead atoms. The maximum Gasteiger partial charge on any atom is 0.321 e. The van der Waals surface area contributed by atoms with Gasteiger partial charge in [-0.15, -0.1) is 0 Å². The molecule has 3 heterocycles. The van der Waals surface area contributed by atoms with E-state index in [4.69, 9.17) is 16.6 Å². The fourth-order valence-corrected chi connectivity index (χ4v) is 4.15. The van der Waals surface area contributed by atoms with Gasteiger partial charge in [0.1, 0.15) is 17.2 Å². The van der Waals surface area contributed by atoms with Crippen molar-refractivity contribution >= 4 is 34.5 Å². The Balaban J connectivity index is 1.46. The van der Waals surface area contributed by atoms with Crippen molar-refractivity contribution < 1.29 is 9.18 Å². The highest BCUT2D eigenvalue weighted by Gasteiger charge is 2.27. The van der Waals surface area contributed by atoms with E-state index in [0.29, 0.717) is 24.7 Å². The second-order valence-corrected chi connectivity index (χ2v) is 8.53. The third kappa shape index (κ3) is 4.26. The molecular weight excluding hydrogens is 405 g/mol. The number of nitrogens with one attached hydrogen (secondary N) is 1. The standard InChI is InChI=1S/C22H25ClFN5O/c1-14(2)12-20-27-19-4-3-9-25-21(19)29(20)16-7-10-28(11-8-16)22(30)26-15-5-6-18(24)17(23)13-15/h3-6,9,13-14,16H,7-8,10-12H2,1-2H3,(H,26,30). The summed E-state index contributed by atoms with van der Waals surface area (Å²) in [6.45, 7) is 5.62. The molecule has 2 amide bonds. The van der Waals surface area contributed by atoms with Gasteiger partial charge in [0.05, 0.1) is 5.02 Å². The Kier molecular flexibility index (Phi) is 5.90. The number of anilines is 1. The summed E-state index contributed by atoms with van der Waals surface area (Å²) in [5.74, 6) is 1.05. The number of rotatable bonds is 4. The van der Waals surface area contributed by atoms with Gasteiger partial charge in [-0.05, 0) is 49.1 Å². The fraction of sp³-hybridized carbons (Fsp3) is 0.409. The summed E-state index contributed by atoms with van der Waals surface area (Å²) < 4.78 is 15.6. The quantitative estimate of drug-likeness (QED) is 0.612. The number of amides is 2. The zero-order valence-electron chi connectivity index (χ0n) is 17.1. The number of hydrogen-bond acceptors (Lipinski definition) is 3. The fourth-order valence-electron chi connectivity index (χ4n) is 3.97. The molecule has 1 aliphatic heterocycles. The predicted molar refractivity (Wildman–Crippen MR) is 116 cm³/mol. The first-order valence-corrected chi connectivity index (χ1v) is 10.6. The van der Waals surface area contributed by atoms with Crippen molar-refractivity contribution in [1.82, 2.24) is 19.4 Å². The number of halogens is 2. The number of carbonyl (C=O) groups is 1. The topological polar surface area (TPSA) is 63.1 Å². The summed E-state index contributed by atoms with van der Waals surface area (Å²) in [6, 6.07) is 8.13. The molecule has 0 aliphatic carbocycles. The monoisotopic (exact) mass is 429 g/mol. The lowest BCUT2D eigenvalue weighted by atomic mass is 10.0. The van der Waals surface area contributed by atoms with E-state index >= 15 is 0 Å². The zero-order chi connectivity index (χ0) is 21.3. The van der Waals surface area contributed by atoms with E-state index in [9.17, 15) is 9.18 Å². The number of fused-ring (bicyclic) bond motifs is 1. The van der Waals surface area contributed by atoms with Crippen molar-refractivity contribution in [1.29, 1.82) is 0 Å². The van der Waals surface area contributed by atoms with Crippen LogP contribution in [0.1, 0.15) is 38.6 Å². The summed E-state index contributed by atoms with van der Waals surface area (Å²) >= 11 is 5.80. The van der Waals surface area contributed by atoms with Crippen LogP contribution < -0.4 is 5.32 Å². The number of hydrogen-bond donors (Lipinski definition) is 1. The van der Waals surface area contributed by atoms with E-state index in [1.807, 2.05) is 12.1 Å². The largest absolute Gasteiger partial charge is 0.324 e. The summed E-state index contributed by atoms with van der Waals surface area (Å²) in [6.07, 6.45) is 4.34. The van der Waals surface area contributed by atoms with Crippen LogP contribution in [0.5, 0.6) is 0 Å². The molecule has 1 fully saturated rings. The van der Waals surface area contributed by atoms with Gasteiger partial charge in [-0.3, -0.25) is 0 Å². The average molecular weight is 430 g/mol. The first-order valence-electron chi connectivity index (χ1n) is 10.2. The number of aromatic nitrogens is 3. The van der Waals surface area contributed by atoms with Gasteiger partial charge in [0.15, 0.2) is 5.65 Å². The van der Waals surface area contributed by atoms with E-state index in [2.05, 4.69) is 28.7 Å². The normalized spacial score (nSPS) is 15.2. The third-order valence-electron chi connectivity index (χ3n) is 5.40. The molecule has 4 rings (SSSR count). The van der Waals surface area contributed by atoms with Gasteiger partial charge in [-0.25, -0.2) is 19.2 Å². The summed E-state index contributed by atoms with van der Waals surface area (Å²) in [4.78, 5) is 23.8. The molecule has 0 spiro atoms. The number of urea groups is 1. The van der Waals surface area contributed by atoms with Crippen molar-refractivity contribution in [2.75, 3.05) is 18.4 Å². The summed E-state index contributed by atoms with van der Waals surface area (Å²) in [5.41, 5.74) is 2.32. The molecule has 0 saturated carbocycles. The van der Waals surface area contributed by atoms with Crippen LogP contribution in [0.2, 0.25) is 5.02 Å². The molecule has 3 aromatic rings. The Morgan fingerprint density at radius 2 is 2.07 bits per heavy atom. The Morgan fingerprint density at radius 1 is 1.30 bits per heavy atom. The first-order chi connectivity index (χ1) is 14.4. The molecule has 6 nitrogen and oxygen atoms in total. The smallest absolute Gasteiger partial charge is 0.321 e. The SMILES string of the molecule is CC(C)Cc1nc2cccnc2n1C1CCN(C(=O)Nc2ccc(F)c(Cl)c2)CC1. The highest BCUT2D eigenvalue weighted by molar-refractivity contribution is 6.31. The molecule has 0 unspecified atom stereocenters. The highest BCUT2D eigenvalue weighted by Crippen LogP contribution is 2.29. The van der Waals surface area contributed by atoms with Gasteiger partial charge in [0, 0.05) is 37.4 Å². The molecule has 1 saturated heterocycles. The van der Waals surface area contributed by atoms with Gasteiger partial charge in [0.2, 0.25) is 0 Å². The Morgan fingerprint density at radius 3 is 2.77 bits per heavy atom. The van der Waals surface area contributed by atoms with Crippen LogP contribution in [0.3, 0.4) is 0 Å². The van der Waals surface area contributed by atoms with Crippen LogP contribution in [-0.4, -0.2) is 38.6 Å². The first kappa shape index (κ1) is 20.6. The predicted octanol–water partition coefficient (Wildman–Crippen LogP) is 5.29. The molecule has 0 atom stereocenters. The molecule has 30 heavy (non-hydrogen) atoms. The Labute approximate surface area is 180 Å². The van der Waals surface area contributed by atoms with Crippen molar-refractivity contribution in [3.63, 3.8) is 0 Å². The second kappa shape index (κ2) is 8.60. The molecule has 8 heteroatoms. The third-order valence-corrected chi connectivity index (χ3v) is 5.69. The van der Waals surface area contributed by atoms with Gasteiger partial charge >= 0.3 is 6.03 Å². The molecule has 1 N–H and O–H groups in total. The Bertz CT molecular complexity index is 1060. The maximum absolute atomic E-state index is 13.3. The lowest BCUT2D eigenvalue weighted by Crippen LogP contribution is -2.41. The van der Waals surface area contributed by atoms with Crippen molar-refractivity contribution in [2.45, 2.75) is 39.2 Å². The molecule has 0 radical (unpaired) electrons. The van der Waals surface area contributed by atoms with Crippen LogP contribution >= 0.6 is 11.6 Å². The van der Waals surface area contributed by atoms with E-state index in [-0.39, 0.29) is 17.1 Å². The highest BCUT2D eigenvalue weighted by atomic mass is 35.5. The summed E-state index contributed by atoms with van der Waals surface area (Å²) in [5, 5.41) is 2.79. The van der Waals surface area contributed by atoms with Crippen LogP contribution in [0.15, 0.2) is 36.5 Å². The van der Waals surface area contributed by atoms with Crippen LogP contribution in [0.25, 0.3) is 11.2 Å². The lowest BCUT2D eigenvalue weighted by molar-refractivity contribution is 0.183. The van der Waals surface area contributed by atoms with E-state index in [1.165, 1.54) is 18.2 Å². The number of carbonyl (C=O) groups excluding carboxylic acids is 1. The minimum atomic E-state index is -0.506. The van der Waals surface area contributed by atoms with Crippen LogP contribution in [0.4, 0.5) is 14.9 Å². The molecule has 158 valence electrons. The molecule has 1 aromatic carbocycles. The van der Waals surface area contributed by atoms with Crippen LogP contribution in [0, 0.1) is 11.7 Å².